The van der Waals surface area contributed by atoms with E-state index in [0.29, 0.717) is 11.8 Å². The van der Waals surface area contributed by atoms with E-state index in [9.17, 15) is 0 Å². The predicted octanol–water partition coefficient (Wildman–Crippen LogP) is 2.94. The van der Waals surface area contributed by atoms with Crippen LogP contribution in [0.25, 0.3) is 0 Å². The Hall–Kier alpha value is -0.560. The Morgan fingerprint density at radius 2 is 2.27 bits per heavy atom. The number of aromatic nitrogens is 1. The van der Waals surface area contributed by atoms with Crippen LogP contribution in [-0.4, -0.2) is 4.98 Å². The molecule has 0 saturated carbocycles. The van der Waals surface area contributed by atoms with Crippen LogP contribution in [0, 0.1) is 0 Å². The lowest BCUT2D eigenvalue weighted by Crippen LogP contribution is -1.96. The lowest BCUT2D eigenvalue weighted by atomic mass is 10.0. The number of rotatable bonds is 2. The Balaban J connectivity index is 3.02. The molecule has 2 heteroatoms. The first kappa shape index (κ1) is 8.54. The molecule has 0 aromatic carbocycles. The zero-order chi connectivity index (χ0) is 8.27. The van der Waals surface area contributed by atoms with Crippen LogP contribution < -0.4 is 0 Å². The van der Waals surface area contributed by atoms with Crippen molar-refractivity contribution in [3.8, 4) is 0 Å². The van der Waals surface area contributed by atoms with Crippen molar-refractivity contribution in [1.29, 1.82) is 0 Å². The van der Waals surface area contributed by atoms with Gasteiger partial charge in [0.2, 0.25) is 0 Å². The molecule has 0 radical (unpaired) electrons. The van der Waals surface area contributed by atoms with Gasteiger partial charge in [-0.15, -0.1) is 11.6 Å². The highest BCUT2D eigenvalue weighted by Gasteiger charge is 2.04. The lowest BCUT2D eigenvalue weighted by Gasteiger charge is -2.07. The Labute approximate surface area is 72.4 Å². The third kappa shape index (κ3) is 1.93. The van der Waals surface area contributed by atoms with Crippen LogP contribution in [0.1, 0.15) is 31.0 Å². The number of halogens is 1. The van der Waals surface area contributed by atoms with Crippen LogP contribution in [0.5, 0.6) is 0 Å². The maximum Gasteiger partial charge on any atom is 0.0650 e. The molecule has 1 aromatic rings. The van der Waals surface area contributed by atoms with Gasteiger partial charge >= 0.3 is 0 Å². The average Bonchev–Trinajstić information content (AvgIpc) is 2.04. The van der Waals surface area contributed by atoms with Gasteiger partial charge in [-0.2, -0.15) is 0 Å². The average molecular weight is 170 g/mol. The summed E-state index contributed by atoms with van der Waals surface area (Å²) in [6, 6.07) is 4.03. The summed E-state index contributed by atoms with van der Waals surface area (Å²) in [7, 11) is 0. The second-order valence-electron chi connectivity index (χ2n) is 2.83. The summed E-state index contributed by atoms with van der Waals surface area (Å²) >= 11 is 5.71. The Bertz CT molecular complexity index is 233. The predicted molar refractivity (Wildman–Crippen MR) is 47.9 cm³/mol. The van der Waals surface area contributed by atoms with E-state index in [1.807, 2.05) is 6.07 Å². The van der Waals surface area contributed by atoms with Gasteiger partial charge in [-0.1, -0.05) is 19.9 Å². The summed E-state index contributed by atoms with van der Waals surface area (Å²) in [6.45, 7) is 4.29. The normalized spacial score (nSPS) is 10.5. The number of hydrogen-bond acceptors (Lipinski definition) is 1. The van der Waals surface area contributed by atoms with Gasteiger partial charge in [0.1, 0.15) is 0 Å². The molecule has 1 rings (SSSR count). The highest BCUT2D eigenvalue weighted by molar-refractivity contribution is 6.17. The standard InChI is InChI=1S/C9H12ClN/c1-7(2)8-4-3-5-11-9(8)6-10/h3-5,7H,6H2,1-2H3. The van der Waals surface area contributed by atoms with E-state index in [-0.39, 0.29) is 0 Å². The first-order valence-electron chi connectivity index (χ1n) is 3.75. The van der Waals surface area contributed by atoms with Crippen molar-refractivity contribution in [2.75, 3.05) is 0 Å². The van der Waals surface area contributed by atoms with Crippen LogP contribution in [0.2, 0.25) is 0 Å². The molecule has 0 saturated heterocycles. The van der Waals surface area contributed by atoms with Gasteiger partial charge in [0, 0.05) is 6.20 Å². The molecule has 0 amide bonds. The number of pyridine rings is 1. The van der Waals surface area contributed by atoms with E-state index in [4.69, 9.17) is 11.6 Å². The maximum atomic E-state index is 5.71. The van der Waals surface area contributed by atoms with Crippen molar-refractivity contribution in [3.63, 3.8) is 0 Å². The zero-order valence-electron chi connectivity index (χ0n) is 6.84. The van der Waals surface area contributed by atoms with Gasteiger partial charge in [-0.05, 0) is 17.5 Å². The van der Waals surface area contributed by atoms with E-state index in [2.05, 4.69) is 24.9 Å². The molecule has 0 atom stereocenters. The lowest BCUT2D eigenvalue weighted by molar-refractivity contribution is 0.839. The summed E-state index contributed by atoms with van der Waals surface area (Å²) in [5.41, 5.74) is 2.26. The van der Waals surface area contributed by atoms with Crippen LogP contribution in [0.4, 0.5) is 0 Å². The quantitative estimate of drug-likeness (QED) is 0.621. The Kier molecular flexibility index (Phi) is 2.89. The third-order valence-electron chi connectivity index (χ3n) is 1.67. The summed E-state index contributed by atoms with van der Waals surface area (Å²) in [5.74, 6) is 1.02. The fourth-order valence-electron chi connectivity index (χ4n) is 1.09. The van der Waals surface area contributed by atoms with Gasteiger partial charge in [0.05, 0.1) is 11.6 Å². The van der Waals surface area contributed by atoms with Crippen molar-refractivity contribution >= 4 is 11.6 Å². The van der Waals surface area contributed by atoms with E-state index in [0.717, 1.165) is 5.69 Å². The second-order valence-corrected chi connectivity index (χ2v) is 3.09. The third-order valence-corrected chi connectivity index (χ3v) is 1.93. The number of hydrogen-bond donors (Lipinski definition) is 0. The molecule has 0 aliphatic heterocycles. The minimum Gasteiger partial charge on any atom is -0.260 e. The van der Waals surface area contributed by atoms with Gasteiger partial charge < -0.3 is 0 Å². The first-order valence-corrected chi connectivity index (χ1v) is 4.29. The van der Waals surface area contributed by atoms with Crippen molar-refractivity contribution < 1.29 is 0 Å². The van der Waals surface area contributed by atoms with Crippen molar-refractivity contribution in [2.45, 2.75) is 25.6 Å². The molecule has 1 heterocycles. The number of nitrogens with zero attached hydrogens (tertiary/aromatic N) is 1. The second kappa shape index (κ2) is 3.72. The topological polar surface area (TPSA) is 12.9 Å². The van der Waals surface area contributed by atoms with Crippen molar-refractivity contribution in [2.24, 2.45) is 0 Å². The van der Waals surface area contributed by atoms with E-state index in [1.165, 1.54) is 5.56 Å². The summed E-state index contributed by atoms with van der Waals surface area (Å²) < 4.78 is 0. The van der Waals surface area contributed by atoms with Gasteiger partial charge in [-0.3, -0.25) is 4.98 Å². The summed E-state index contributed by atoms with van der Waals surface area (Å²) in [4.78, 5) is 4.19. The van der Waals surface area contributed by atoms with Crippen LogP contribution in [0.3, 0.4) is 0 Å². The SMILES string of the molecule is CC(C)c1cccnc1CCl. The molecular weight excluding hydrogens is 158 g/mol. The van der Waals surface area contributed by atoms with E-state index >= 15 is 0 Å². The Morgan fingerprint density at radius 1 is 1.55 bits per heavy atom. The summed E-state index contributed by atoms with van der Waals surface area (Å²) in [6.07, 6.45) is 1.78. The fourth-order valence-corrected chi connectivity index (χ4v) is 1.31. The van der Waals surface area contributed by atoms with Gasteiger partial charge in [0.15, 0.2) is 0 Å². The summed E-state index contributed by atoms with van der Waals surface area (Å²) in [5, 5.41) is 0. The van der Waals surface area contributed by atoms with E-state index < -0.39 is 0 Å². The first-order chi connectivity index (χ1) is 5.25. The van der Waals surface area contributed by atoms with E-state index in [1.54, 1.807) is 6.20 Å². The van der Waals surface area contributed by atoms with Crippen LogP contribution in [0.15, 0.2) is 18.3 Å². The molecule has 0 spiro atoms. The molecule has 1 aromatic heterocycles. The van der Waals surface area contributed by atoms with Crippen LogP contribution >= 0.6 is 11.6 Å². The molecule has 0 bridgehead atoms. The minimum absolute atomic E-state index is 0.508. The molecule has 0 N–H and O–H groups in total. The highest BCUT2D eigenvalue weighted by atomic mass is 35.5. The molecule has 1 nitrogen and oxygen atoms in total. The van der Waals surface area contributed by atoms with Gasteiger partial charge in [0.25, 0.3) is 0 Å². The molecule has 60 valence electrons. The molecule has 0 fully saturated rings. The molecular formula is C9H12ClN. The monoisotopic (exact) mass is 169 g/mol. The highest BCUT2D eigenvalue weighted by Crippen LogP contribution is 2.18. The molecule has 0 aliphatic carbocycles. The van der Waals surface area contributed by atoms with Crippen LogP contribution in [-0.2, 0) is 5.88 Å². The smallest absolute Gasteiger partial charge is 0.0650 e. The molecule has 0 unspecified atom stereocenters. The molecule has 0 aliphatic rings. The molecule has 11 heavy (non-hydrogen) atoms. The van der Waals surface area contributed by atoms with Crippen molar-refractivity contribution in [3.05, 3.63) is 29.6 Å². The van der Waals surface area contributed by atoms with Crippen molar-refractivity contribution in [1.82, 2.24) is 4.98 Å². The number of alkyl halides is 1. The van der Waals surface area contributed by atoms with Gasteiger partial charge in [-0.25, -0.2) is 0 Å². The Morgan fingerprint density at radius 3 is 2.73 bits per heavy atom. The minimum atomic E-state index is 0.508. The maximum absolute atomic E-state index is 5.71. The largest absolute Gasteiger partial charge is 0.260 e. The fraction of sp³-hybridized carbons (Fsp3) is 0.444. The zero-order valence-corrected chi connectivity index (χ0v) is 7.60.